The summed E-state index contributed by atoms with van der Waals surface area (Å²) >= 11 is 1.56. The number of likely N-dealkylation sites (tertiary alicyclic amines) is 1. The molecule has 1 saturated heterocycles. The molecule has 0 unspecified atom stereocenters. The van der Waals surface area contributed by atoms with E-state index in [-0.39, 0.29) is 23.3 Å². The lowest BCUT2D eigenvalue weighted by Gasteiger charge is -2.32. The zero-order valence-corrected chi connectivity index (χ0v) is 19.0. The van der Waals surface area contributed by atoms with Crippen LogP contribution in [0, 0.1) is 5.82 Å². The standard InChI is InChI=1S/C23H24FN3O3S2/c24-18-6-8-21(9-7-18)32(29,30)26-19-10-12-27(13-11-19)23(28)15-20-16-31-22(25-20)14-17-4-2-1-3-5-17/h1-9,16,19,26H,10-15H2. The van der Waals surface area contributed by atoms with E-state index in [1.807, 2.05) is 23.6 Å². The van der Waals surface area contributed by atoms with Crippen molar-refractivity contribution in [1.82, 2.24) is 14.6 Å². The second kappa shape index (κ2) is 9.89. The van der Waals surface area contributed by atoms with Gasteiger partial charge in [-0.15, -0.1) is 11.3 Å². The Hall–Kier alpha value is -2.62. The summed E-state index contributed by atoms with van der Waals surface area (Å²) in [6.07, 6.45) is 2.06. The molecular formula is C23H24FN3O3S2. The Labute approximate surface area is 191 Å². The third-order valence-electron chi connectivity index (χ3n) is 5.42. The smallest absolute Gasteiger partial charge is 0.240 e. The van der Waals surface area contributed by atoms with E-state index in [1.165, 1.54) is 17.7 Å². The van der Waals surface area contributed by atoms with Crippen LogP contribution in [0.15, 0.2) is 64.9 Å². The molecule has 1 aliphatic heterocycles. The van der Waals surface area contributed by atoms with E-state index in [0.717, 1.165) is 29.3 Å². The molecule has 0 saturated carbocycles. The van der Waals surface area contributed by atoms with Crippen LogP contribution in [0.5, 0.6) is 0 Å². The SMILES string of the molecule is O=C(Cc1csc(Cc2ccccc2)n1)N1CCC(NS(=O)(=O)c2ccc(F)cc2)CC1. The molecule has 6 nitrogen and oxygen atoms in total. The lowest BCUT2D eigenvalue weighted by atomic mass is 10.1. The van der Waals surface area contributed by atoms with E-state index in [0.29, 0.717) is 25.9 Å². The van der Waals surface area contributed by atoms with E-state index in [9.17, 15) is 17.6 Å². The number of sulfonamides is 1. The molecule has 0 atom stereocenters. The number of amides is 1. The minimum Gasteiger partial charge on any atom is -0.342 e. The molecule has 0 aliphatic carbocycles. The fourth-order valence-corrected chi connectivity index (χ4v) is 5.83. The predicted octanol–water partition coefficient (Wildman–Crippen LogP) is 3.39. The summed E-state index contributed by atoms with van der Waals surface area (Å²) in [5.74, 6) is -0.482. The fourth-order valence-electron chi connectivity index (χ4n) is 3.70. The number of nitrogens with one attached hydrogen (secondary N) is 1. The molecule has 1 aliphatic rings. The largest absolute Gasteiger partial charge is 0.342 e. The Morgan fingerprint density at radius 2 is 1.78 bits per heavy atom. The van der Waals surface area contributed by atoms with Crippen LogP contribution in [-0.4, -0.2) is 43.3 Å². The van der Waals surface area contributed by atoms with E-state index >= 15 is 0 Å². The van der Waals surface area contributed by atoms with Crippen LogP contribution in [0.2, 0.25) is 0 Å². The van der Waals surface area contributed by atoms with Gasteiger partial charge in [-0.05, 0) is 42.7 Å². The molecule has 1 aromatic heterocycles. The summed E-state index contributed by atoms with van der Waals surface area (Å²) in [6.45, 7) is 0.965. The van der Waals surface area contributed by atoms with Crippen molar-refractivity contribution >= 4 is 27.3 Å². The number of piperidine rings is 1. The number of rotatable bonds is 7. The zero-order valence-electron chi connectivity index (χ0n) is 17.4. The monoisotopic (exact) mass is 473 g/mol. The van der Waals surface area contributed by atoms with Gasteiger partial charge < -0.3 is 4.90 Å². The molecule has 4 rings (SSSR count). The van der Waals surface area contributed by atoms with Crippen LogP contribution in [0.25, 0.3) is 0 Å². The molecule has 1 amide bonds. The van der Waals surface area contributed by atoms with Crippen molar-refractivity contribution < 1.29 is 17.6 Å². The highest BCUT2D eigenvalue weighted by molar-refractivity contribution is 7.89. The minimum atomic E-state index is -3.71. The molecule has 1 N–H and O–H groups in total. The van der Waals surface area contributed by atoms with Gasteiger partial charge in [0.15, 0.2) is 0 Å². The van der Waals surface area contributed by atoms with Crippen molar-refractivity contribution in [2.45, 2.75) is 36.6 Å². The number of thiazole rings is 1. The molecule has 32 heavy (non-hydrogen) atoms. The molecule has 1 fully saturated rings. The number of benzene rings is 2. The van der Waals surface area contributed by atoms with Crippen LogP contribution < -0.4 is 4.72 Å². The number of aromatic nitrogens is 1. The lowest BCUT2D eigenvalue weighted by Crippen LogP contribution is -2.46. The average molecular weight is 474 g/mol. The summed E-state index contributed by atoms with van der Waals surface area (Å²) in [4.78, 5) is 19.1. The van der Waals surface area contributed by atoms with Gasteiger partial charge >= 0.3 is 0 Å². The molecule has 3 aromatic rings. The molecule has 0 spiro atoms. The number of hydrogen-bond donors (Lipinski definition) is 1. The molecule has 168 valence electrons. The molecule has 9 heteroatoms. The van der Waals surface area contributed by atoms with Crippen molar-refractivity contribution in [1.29, 1.82) is 0 Å². The summed E-state index contributed by atoms with van der Waals surface area (Å²) in [5, 5.41) is 2.91. The van der Waals surface area contributed by atoms with E-state index < -0.39 is 15.8 Å². The molecular weight excluding hydrogens is 449 g/mol. The van der Waals surface area contributed by atoms with Crippen LogP contribution in [0.3, 0.4) is 0 Å². The van der Waals surface area contributed by atoms with Gasteiger partial charge in [0.2, 0.25) is 15.9 Å². The van der Waals surface area contributed by atoms with Gasteiger partial charge in [-0.25, -0.2) is 22.5 Å². The molecule has 0 radical (unpaired) electrons. The molecule has 0 bridgehead atoms. The number of nitrogens with zero attached hydrogens (tertiary/aromatic N) is 2. The Balaban J connectivity index is 1.27. The lowest BCUT2D eigenvalue weighted by molar-refractivity contribution is -0.131. The van der Waals surface area contributed by atoms with E-state index in [4.69, 9.17) is 0 Å². The number of halogens is 1. The van der Waals surface area contributed by atoms with Crippen molar-refractivity contribution in [2.24, 2.45) is 0 Å². The Kier molecular flexibility index (Phi) is 6.98. The van der Waals surface area contributed by atoms with Gasteiger partial charge in [0.1, 0.15) is 5.82 Å². The van der Waals surface area contributed by atoms with Crippen molar-refractivity contribution in [2.75, 3.05) is 13.1 Å². The quantitative estimate of drug-likeness (QED) is 0.571. The van der Waals surface area contributed by atoms with Gasteiger partial charge in [-0.3, -0.25) is 4.79 Å². The van der Waals surface area contributed by atoms with E-state index in [2.05, 4.69) is 21.8 Å². The fraction of sp³-hybridized carbons (Fsp3) is 0.304. The summed E-state index contributed by atoms with van der Waals surface area (Å²) < 4.78 is 40.7. The highest BCUT2D eigenvalue weighted by Crippen LogP contribution is 2.18. The van der Waals surface area contributed by atoms with Crippen molar-refractivity contribution in [3.8, 4) is 0 Å². The minimum absolute atomic E-state index is 0.00130. The van der Waals surface area contributed by atoms with Gasteiger partial charge in [0.05, 0.1) is 22.0 Å². The first-order valence-electron chi connectivity index (χ1n) is 10.4. The zero-order chi connectivity index (χ0) is 22.6. The third kappa shape index (κ3) is 5.79. The number of carbonyl (C=O) groups is 1. The van der Waals surface area contributed by atoms with Crippen LogP contribution in [0.4, 0.5) is 4.39 Å². The van der Waals surface area contributed by atoms with Gasteiger partial charge in [-0.2, -0.15) is 0 Å². The Morgan fingerprint density at radius 1 is 1.09 bits per heavy atom. The average Bonchev–Trinajstić information content (AvgIpc) is 3.21. The third-order valence-corrected chi connectivity index (χ3v) is 7.86. The first-order valence-corrected chi connectivity index (χ1v) is 12.8. The highest BCUT2D eigenvalue weighted by atomic mass is 32.2. The summed E-state index contributed by atoms with van der Waals surface area (Å²) in [7, 11) is -3.71. The summed E-state index contributed by atoms with van der Waals surface area (Å²) in [5.41, 5.74) is 1.95. The van der Waals surface area contributed by atoms with E-state index in [1.54, 1.807) is 16.2 Å². The highest BCUT2D eigenvalue weighted by Gasteiger charge is 2.27. The normalized spacial score (nSPS) is 15.1. The first kappa shape index (κ1) is 22.6. The molecule has 2 aromatic carbocycles. The van der Waals surface area contributed by atoms with Crippen LogP contribution in [0.1, 0.15) is 29.1 Å². The summed E-state index contributed by atoms with van der Waals surface area (Å²) in [6, 6.07) is 14.6. The van der Waals surface area contributed by atoms with Gasteiger partial charge in [-0.1, -0.05) is 30.3 Å². The van der Waals surface area contributed by atoms with Gasteiger partial charge in [0, 0.05) is 30.9 Å². The van der Waals surface area contributed by atoms with Gasteiger partial charge in [0.25, 0.3) is 0 Å². The van der Waals surface area contributed by atoms with Crippen molar-refractivity contribution in [3.63, 3.8) is 0 Å². The number of hydrogen-bond acceptors (Lipinski definition) is 5. The van der Waals surface area contributed by atoms with Crippen molar-refractivity contribution in [3.05, 3.63) is 82.1 Å². The molecule has 2 heterocycles. The van der Waals surface area contributed by atoms with Crippen LogP contribution >= 0.6 is 11.3 Å². The maximum atomic E-state index is 13.1. The Bertz CT molecular complexity index is 1160. The second-order valence-corrected chi connectivity index (χ2v) is 10.5. The first-order chi connectivity index (χ1) is 15.4. The number of carbonyl (C=O) groups excluding carboxylic acids is 1. The van der Waals surface area contributed by atoms with Crippen LogP contribution in [-0.2, 0) is 27.7 Å². The maximum absolute atomic E-state index is 13.1. The predicted molar refractivity (Wildman–Crippen MR) is 121 cm³/mol. The topological polar surface area (TPSA) is 79.4 Å². The maximum Gasteiger partial charge on any atom is 0.240 e. The Morgan fingerprint density at radius 3 is 2.47 bits per heavy atom. The second-order valence-electron chi connectivity index (χ2n) is 7.80.